The van der Waals surface area contributed by atoms with Crippen LogP contribution in [-0.2, 0) is 0 Å². The van der Waals surface area contributed by atoms with Gasteiger partial charge in [0.2, 0.25) is 0 Å². The fourth-order valence-electron chi connectivity index (χ4n) is 2.46. The Hall–Kier alpha value is -1.30. The molecule has 1 aliphatic rings. The van der Waals surface area contributed by atoms with Gasteiger partial charge in [0.25, 0.3) is 0 Å². The summed E-state index contributed by atoms with van der Waals surface area (Å²) in [7, 11) is 0. The van der Waals surface area contributed by atoms with Crippen LogP contribution in [0.2, 0.25) is 0 Å². The molecule has 0 fully saturated rings. The average molecular weight is 226 g/mol. The lowest BCUT2D eigenvalue weighted by molar-refractivity contribution is 0.464. The van der Waals surface area contributed by atoms with E-state index in [1.54, 1.807) is 5.57 Å². The van der Waals surface area contributed by atoms with E-state index in [0.717, 1.165) is 0 Å². The first-order chi connectivity index (χ1) is 7.98. The number of benzene rings is 1. The zero-order chi connectivity index (χ0) is 12.5. The summed E-state index contributed by atoms with van der Waals surface area (Å²) >= 11 is 0. The maximum absolute atomic E-state index is 2.33. The van der Waals surface area contributed by atoms with Gasteiger partial charge in [-0.2, -0.15) is 0 Å². The maximum Gasteiger partial charge on any atom is -0.0164 e. The predicted octanol–water partition coefficient (Wildman–Crippen LogP) is 5.08. The van der Waals surface area contributed by atoms with Gasteiger partial charge in [0.15, 0.2) is 0 Å². The Morgan fingerprint density at radius 1 is 1.06 bits per heavy atom. The van der Waals surface area contributed by atoms with Crippen LogP contribution in [0.1, 0.15) is 39.7 Å². The first-order valence-electron chi connectivity index (χ1n) is 6.46. The summed E-state index contributed by atoms with van der Waals surface area (Å²) in [5.41, 5.74) is 4.61. The molecule has 0 aliphatic heterocycles. The SMILES string of the molecule is CC1C=CC(c2ccccc2)=C(C(C)(C)C)C1. The lowest BCUT2D eigenvalue weighted by atomic mass is 9.74. The standard InChI is InChI=1S/C17H22/c1-13-10-11-15(14-8-6-5-7-9-14)16(12-13)17(2,3)4/h5-11,13H,12H2,1-4H3. The van der Waals surface area contributed by atoms with Gasteiger partial charge in [-0.3, -0.25) is 0 Å². The van der Waals surface area contributed by atoms with Gasteiger partial charge in [-0.15, -0.1) is 0 Å². The zero-order valence-corrected chi connectivity index (χ0v) is 11.3. The zero-order valence-electron chi connectivity index (χ0n) is 11.3. The second kappa shape index (κ2) is 4.52. The molecule has 1 aliphatic carbocycles. The van der Waals surface area contributed by atoms with Gasteiger partial charge >= 0.3 is 0 Å². The Bertz CT molecular complexity index is 441. The van der Waals surface area contributed by atoms with Crippen LogP contribution in [0.4, 0.5) is 0 Å². The van der Waals surface area contributed by atoms with Crippen molar-refractivity contribution in [1.82, 2.24) is 0 Å². The van der Waals surface area contributed by atoms with Crippen molar-refractivity contribution in [1.29, 1.82) is 0 Å². The van der Waals surface area contributed by atoms with Crippen molar-refractivity contribution >= 4 is 5.57 Å². The minimum atomic E-state index is 0.254. The molecular formula is C17H22. The number of allylic oxidation sites excluding steroid dienone is 4. The molecule has 0 N–H and O–H groups in total. The van der Waals surface area contributed by atoms with E-state index in [9.17, 15) is 0 Å². The van der Waals surface area contributed by atoms with Crippen LogP contribution in [0.15, 0.2) is 48.1 Å². The first-order valence-corrected chi connectivity index (χ1v) is 6.46. The summed E-state index contributed by atoms with van der Waals surface area (Å²) in [6.45, 7) is 9.25. The van der Waals surface area contributed by atoms with E-state index in [1.807, 2.05) is 0 Å². The van der Waals surface area contributed by atoms with Crippen LogP contribution in [0.25, 0.3) is 5.57 Å². The van der Waals surface area contributed by atoms with Crippen LogP contribution in [-0.4, -0.2) is 0 Å². The third-order valence-corrected chi connectivity index (χ3v) is 3.43. The molecule has 90 valence electrons. The normalized spacial score (nSPS) is 20.8. The van der Waals surface area contributed by atoms with Crippen LogP contribution >= 0.6 is 0 Å². The molecule has 1 aromatic carbocycles. The number of hydrogen-bond acceptors (Lipinski definition) is 0. The summed E-state index contributed by atoms with van der Waals surface area (Å²) in [4.78, 5) is 0. The molecule has 0 aromatic heterocycles. The molecule has 0 saturated heterocycles. The molecule has 1 atom stereocenters. The highest BCUT2D eigenvalue weighted by atomic mass is 14.3. The van der Waals surface area contributed by atoms with E-state index in [2.05, 4.69) is 70.2 Å². The monoisotopic (exact) mass is 226 g/mol. The fourth-order valence-corrected chi connectivity index (χ4v) is 2.46. The van der Waals surface area contributed by atoms with Crippen molar-refractivity contribution in [2.45, 2.75) is 34.1 Å². The summed E-state index contributed by atoms with van der Waals surface area (Å²) in [6.07, 6.45) is 5.83. The molecule has 0 nitrogen and oxygen atoms in total. The first kappa shape index (κ1) is 12.2. The molecule has 0 radical (unpaired) electrons. The number of hydrogen-bond donors (Lipinski definition) is 0. The third kappa shape index (κ3) is 2.69. The Kier molecular flexibility index (Phi) is 3.24. The van der Waals surface area contributed by atoms with Crippen LogP contribution in [0.3, 0.4) is 0 Å². The maximum atomic E-state index is 2.33. The largest absolute Gasteiger partial charge is 0.0808 e. The third-order valence-electron chi connectivity index (χ3n) is 3.43. The summed E-state index contributed by atoms with van der Waals surface area (Å²) in [6, 6.07) is 10.7. The van der Waals surface area contributed by atoms with Crippen molar-refractivity contribution in [3.05, 3.63) is 53.6 Å². The van der Waals surface area contributed by atoms with Crippen molar-refractivity contribution in [2.24, 2.45) is 11.3 Å². The van der Waals surface area contributed by atoms with Crippen molar-refractivity contribution < 1.29 is 0 Å². The van der Waals surface area contributed by atoms with E-state index in [1.165, 1.54) is 17.6 Å². The Balaban J connectivity index is 2.51. The van der Waals surface area contributed by atoms with Gasteiger partial charge in [-0.1, -0.05) is 75.8 Å². The van der Waals surface area contributed by atoms with Crippen LogP contribution < -0.4 is 0 Å². The lowest BCUT2D eigenvalue weighted by Gasteiger charge is -2.30. The fraction of sp³-hybridized carbons (Fsp3) is 0.412. The molecule has 0 bridgehead atoms. The molecule has 0 spiro atoms. The summed E-state index contributed by atoms with van der Waals surface area (Å²) in [5.74, 6) is 0.664. The van der Waals surface area contributed by atoms with Crippen LogP contribution in [0.5, 0.6) is 0 Å². The Morgan fingerprint density at radius 2 is 1.71 bits per heavy atom. The van der Waals surface area contributed by atoms with Crippen molar-refractivity contribution in [3.8, 4) is 0 Å². The molecule has 0 heteroatoms. The van der Waals surface area contributed by atoms with Gasteiger partial charge in [0.1, 0.15) is 0 Å². The average Bonchev–Trinajstić information content (AvgIpc) is 2.29. The molecule has 17 heavy (non-hydrogen) atoms. The number of rotatable bonds is 1. The highest BCUT2D eigenvalue weighted by molar-refractivity contribution is 5.78. The Labute approximate surface area is 105 Å². The Morgan fingerprint density at radius 3 is 2.29 bits per heavy atom. The van der Waals surface area contributed by atoms with E-state index >= 15 is 0 Å². The van der Waals surface area contributed by atoms with E-state index in [0.29, 0.717) is 5.92 Å². The van der Waals surface area contributed by atoms with Gasteiger partial charge in [0, 0.05) is 0 Å². The summed E-state index contributed by atoms with van der Waals surface area (Å²) < 4.78 is 0. The van der Waals surface area contributed by atoms with Gasteiger partial charge in [0.05, 0.1) is 0 Å². The topological polar surface area (TPSA) is 0 Å². The second-order valence-corrected chi connectivity index (χ2v) is 6.05. The minimum absolute atomic E-state index is 0.254. The predicted molar refractivity (Wildman–Crippen MR) is 75.7 cm³/mol. The minimum Gasteiger partial charge on any atom is -0.0808 e. The molecule has 2 rings (SSSR count). The van der Waals surface area contributed by atoms with E-state index in [4.69, 9.17) is 0 Å². The van der Waals surface area contributed by atoms with Gasteiger partial charge in [-0.05, 0) is 28.9 Å². The van der Waals surface area contributed by atoms with Gasteiger partial charge in [-0.25, -0.2) is 0 Å². The highest BCUT2D eigenvalue weighted by Gasteiger charge is 2.24. The second-order valence-electron chi connectivity index (χ2n) is 6.05. The molecule has 0 amide bonds. The highest BCUT2D eigenvalue weighted by Crippen LogP contribution is 2.40. The molecular weight excluding hydrogens is 204 g/mol. The summed E-state index contributed by atoms with van der Waals surface area (Å²) in [5, 5.41) is 0. The molecule has 0 heterocycles. The van der Waals surface area contributed by atoms with Gasteiger partial charge < -0.3 is 0 Å². The molecule has 0 saturated carbocycles. The van der Waals surface area contributed by atoms with Crippen molar-refractivity contribution in [3.63, 3.8) is 0 Å². The van der Waals surface area contributed by atoms with E-state index < -0.39 is 0 Å². The van der Waals surface area contributed by atoms with Crippen LogP contribution in [0, 0.1) is 11.3 Å². The molecule has 1 aromatic rings. The lowest BCUT2D eigenvalue weighted by Crippen LogP contribution is -2.16. The quantitative estimate of drug-likeness (QED) is 0.626. The van der Waals surface area contributed by atoms with E-state index in [-0.39, 0.29) is 5.41 Å². The smallest absolute Gasteiger partial charge is 0.0164 e. The molecule has 1 unspecified atom stereocenters. The van der Waals surface area contributed by atoms with Crippen molar-refractivity contribution in [2.75, 3.05) is 0 Å².